The number of hydrogen-bond acceptors (Lipinski definition) is 5. The van der Waals surface area contributed by atoms with Crippen molar-refractivity contribution in [2.24, 2.45) is 0 Å². The molecule has 1 fully saturated rings. The molecule has 0 unspecified atom stereocenters. The number of amides is 2. The minimum atomic E-state index is -0.351. The summed E-state index contributed by atoms with van der Waals surface area (Å²) in [6, 6.07) is 15.2. The van der Waals surface area contributed by atoms with E-state index >= 15 is 0 Å². The highest BCUT2D eigenvalue weighted by atomic mass is 16.5. The Balaban J connectivity index is 1.66. The Labute approximate surface area is 170 Å². The molecule has 0 saturated carbocycles. The molecular formula is C23H25N3O3. The first-order valence-electron chi connectivity index (χ1n) is 9.92. The van der Waals surface area contributed by atoms with Crippen molar-refractivity contribution < 1.29 is 14.3 Å². The number of rotatable bonds is 5. The normalized spacial score (nSPS) is 17.2. The van der Waals surface area contributed by atoms with Gasteiger partial charge in [0.1, 0.15) is 11.4 Å². The van der Waals surface area contributed by atoms with E-state index in [1.165, 1.54) is 32.0 Å². The average molecular weight is 391 g/mol. The van der Waals surface area contributed by atoms with Gasteiger partial charge in [-0.05, 0) is 49.6 Å². The van der Waals surface area contributed by atoms with Gasteiger partial charge in [0.15, 0.2) is 0 Å². The third-order valence-corrected chi connectivity index (χ3v) is 5.52. The van der Waals surface area contributed by atoms with Crippen LogP contribution in [-0.2, 0) is 9.59 Å². The number of anilines is 2. The van der Waals surface area contributed by atoms with Gasteiger partial charge in [0.05, 0.1) is 12.7 Å². The first kappa shape index (κ1) is 19.1. The lowest BCUT2D eigenvalue weighted by atomic mass is 10.0. The molecule has 0 spiro atoms. The number of benzene rings is 2. The molecule has 150 valence electrons. The summed E-state index contributed by atoms with van der Waals surface area (Å²) in [6.07, 6.45) is 3.73. The molecule has 0 aromatic heterocycles. The van der Waals surface area contributed by atoms with Crippen LogP contribution < -0.4 is 15.0 Å². The quantitative estimate of drug-likeness (QED) is 0.791. The summed E-state index contributed by atoms with van der Waals surface area (Å²) in [5.41, 5.74) is 3.15. The highest BCUT2D eigenvalue weighted by Crippen LogP contribution is 2.34. The summed E-state index contributed by atoms with van der Waals surface area (Å²) in [4.78, 5) is 29.1. The zero-order chi connectivity index (χ0) is 20.4. The lowest BCUT2D eigenvalue weighted by Crippen LogP contribution is -2.29. The molecule has 0 aliphatic carbocycles. The van der Waals surface area contributed by atoms with Crippen LogP contribution in [-0.4, -0.2) is 44.0 Å². The van der Waals surface area contributed by atoms with Gasteiger partial charge < -0.3 is 15.0 Å². The lowest BCUT2D eigenvalue weighted by Gasteiger charge is -2.28. The summed E-state index contributed by atoms with van der Waals surface area (Å²) in [5, 5.41) is 3.18. The van der Waals surface area contributed by atoms with Gasteiger partial charge in [-0.15, -0.1) is 0 Å². The topological polar surface area (TPSA) is 61.9 Å². The van der Waals surface area contributed by atoms with Gasteiger partial charge in [0.25, 0.3) is 11.8 Å². The van der Waals surface area contributed by atoms with Crippen LogP contribution in [0.25, 0.3) is 5.57 Å². The van der Waals surface area contributed by atoms with Gasteiger partial charge in [-0.25, -0.2) is 0 Å². The third-order valence-electron chi connectivity index (χ3n) is 5.52. The van der Waals surface area contributed by atoms with E-state index in [2.05, 4.69) is 22.3 Å². The van der Waals surface area contributed by atoms with E-state index in [9.17, 15) is 9.59 Å². The molecule has 29 heavy (non-hydrogen) atoms. The number of nitrogens with zero attached hydrogens (tertiary/aromatic N) is 2. The van der Waals surface area contributed by atoms with Crippen molar-refractivity contribution in [3.8, 4) is 5.75 Å². The Hall–Kier alpha value is -3.28. The summed E-state index contributed by atoms with van der Waals surface area (Å²) < 4.78 is 5.41. The SMILES string of the molecule is COc1ccccc1C1=C(Nc2ccc(N3CCCCC3)cc2)C(=O)N(C)C1=O. The van der Waals surface area contributed by atoms with E-state index < -0.39 is 0 Å². The molecule has 6 nitrogen and oxygen atoms in total. The van der Waals surface area contributed by atoms with Crippen molar-refractivity contribution in [3.05, 3.63) is 59.8 Å². The van der Waals surface area contributed by atoms with E-state index in [1.807, 2.05) is 24.3 Å². The highest BCUT2D eigenvalue weighted by molar-refractivity contribution is 6.36. The highest BCUT2D eigenvalue weighted by Gasteiger charge is 2.38. The fourth-order valence-corrected chi connectivity index (χ4v) is 3.91. The molecular weight excluding hydrogens is 366 g/mol. The number of hydrogen-bond donors (Lipinski definition) is 1. The van der Waals surface area contributed by atoms with Crippen molar-refractivity contribution in [3.63, 3.8) is 0 Å². The predicted molar refractivity (Wildman–Crippen MR) is 114 cm³/mol. The number of carbonyl (C=O) groups excluding carboxylic acids is 2. The van der Waals surface area contributed by atoms with Gasteiger partial charge in [0, 0.05) is 37.1 Å². The Morgan fingerprint density at radius 3 is 2.28 bits per heavy atom. The molecule has 1 N–H and O–H groups in total. The molecule has 1 saturated heterocycles. The molecule has 2 aliphatic heterocycles. The van der Waals surface area contributed by atoms with Crippen molar-refractivity contribution in [1.82, 2.24) is 4.90 Å². The number of ether oxygens (including phenoxy) is 1. The van der Waals surface area contributed by atoms with Gasteiger partial charge in [-0.2, -0.15) is 0 Å². The zero-order valence-electron chi connectivity index (χ0n) is 16.8. The minimum absolute atomic E-state index is 0.271. The summed E-state index contributed by atoms with van der Waals surface area (Å²) in [6.45, 7) is 2.15. The van der Waals surface area contributed by atoms with E-state index in [0.29, 0.717) is 16.9 Å². The average Bonchev–Trinajstić information content (AvgIpc) is 2.98. The molecule has 0 atom stereocenters. The standard InChI is InChI=1S/C23H25N3O3/c1-25-22(27)20(18-8-4-5-9-19(18)29-2)21(23(25)28)24-16-10-12-17(13-11-16)26-14-6-3-7-15-26/h4-5,8-13,24H,3,6-7,14-15H2,1-2H3. The zero-order valence-corrected chi connectivity index (χ0v) is 16.8. The van der Waals surface area contributed by atoms with Crippen molar-refractivity contribution in [2.75, 3.05) is 37.5 Å². The van der Waals surface area contributed by atoms with E-state index in [-0.39, 0.29) is 17.5 Å². The summed E-state index contributed by atoms with van der Waals surface area (Å²) in [5.74, 6) is -0.137. The Morgan fingerprint density at radius 2 is 1.59 bits per heavy atom. The molecule has 0 radical (unpaired) electrons. The van der Waals surface area contributed by atoms with Gasteiger partial charge in [-0.1, -0.05) is 18.2 Å². The Bertz CT molecular complexity index is 960. The smallest absolute Gasteiger partial charge is 0.277 e. The van der Waals surface area contributed by atoms with Gasteiger partial charge in [-0.3, -0.25) is 14.5 Å². The van der Waals surface area contributed by atoms with Crippen LogP contribution in [0.3, 0.4) is 0 Å². The molecule has 2 aromatic rings. The van der Waals surface area contributed by atoms with E-state index in [0.717, 1.165) is 23.7 Å². The largest absolute Gasteiger partial charge is 0.496 e. The number of likely N-dealkylation sites (N-methyl/N-ethyl adjacent to an activating group) is 1. The summed E-state index contributed by atoms with van der Waals surface area (Å²) >= 11 is 0. The minimum Gasteiger partial charge on any atom is -0.496 e. The molecule has 4 rings (SSSR count). The maximum Gasteiger partial charge on any atom is 0.277 e. The lowest BCUT2D eigenvalue weighted by molar-refractivity contribution is -0.135. The summed E-state index contributed by atoms with van der Waals surface area (Å²) in [7, 11) is 3.05. The van der Waals surface area contributed by atoms with Crippen LogP contribution >= 0.6 is 0 Å². The second-order valence-corrected chi connectivity index (χ2v) is 7.34. The van der Waals surface area contributed by atoms with Gasteiger partial charge in [0.2, 0.25) is 0 Å². The monoisotopic (exact) mass is 391 g/mol. The molecule has 6 heteroatoms. The van der Waals surface area contributed by atoms with Crippen LogP contribution in [0.4, 0.5) is 11.4 Å². The van der Waals surface area contributed by atoms with E-state index in [1.54, 1.807) is 19.2 Å². The van der Waals surface area contributed by atoms with Crippen molar-refractivity contribution >= 4 is 28.8 Å². The second-order valence-electron chi connectivity index (χ2n) is 7.34. The van der Waals surface area contributed by atoms with Crippen LogP contribution in [0.2, 0.25) is 0 Å². The molecule has 2 heterocycles. The number of nitrogens with one attached hydrogen (secondary N) is 1. The fraction of sp³-hybridized carbons (Fsp3) is 0.304. The van der Waals surface area contributed by atoms with Crippen LogP contribution in [0, 0.1) is 0 Å². The van der Waals surface area contributed by atoms with Crippen LogP contribution in [0.5, 0.6) is 5.75 Å². The van der Waals surface area contributed by atoms with E-state index in [4.69, 9.17) is 4.74 Å². The Morgan fingerprint density at radius 1 is 0.897 bits per heavy atom. The maximum absolute atomic E-state index is 12.8. The maximum atomic E-state index is 12.8. The number of piperidine rings is 1. The Kier molecular flexibility index (Phi) is 5.25. The molecule has 2 aliphatic rings. The second kappa shape index (κ2) is 7.99. The number of carbonyl (C=O) groups is 2. The molecule has 2 aromatic carbocycles. The number of methoxy groups -OCH3 is 1. The van der Waals surface area contributed by atoms with Crippen molar-refractivity contribution in [2.45, 2.75) is 19.3 Å². The van der Waals surface area contributed by atoms with Crippen molar-refractivity contribution in [1.29, 1.82) is 0 Å². The van der Waals surface area contributed by atoms with Crippen LogP contribution in [0.1, 0.15) is 24.8 Å². The van der Waals surface area contributed by atoms with Gasteiger partial charge >= 0.3 is 0 Å². The first-order valence-corrected chi connectivity index (χ1v) is 9.92. The third kappa shape index (κ3) is 3.58. The molecule has 0 bridgehead atoms. The number of para-hydroxylation sites is 1. The fourth-order valence-electron chi connectivity index (χ4n) is 3.91. The first-order chi connectivity index (χ1) is 14.1. The number of imide groups is 1. The van der Waals surface area contributed by atoms with Crippen LogP contribution in [0.15, 0.2) is 54.2 Å². The molecule has 2 amide bonds. The predicted octanol–water partition coefficient (Wildman–Crippen LogP) is 3.51.